The Balaban J connectivity index is 1.34. The second-order valence-corrected chi connectivity index (χ2v) is 8.62. The summed E-state index contributed by atoms with van der Waals surface area (Å²) in [6.07, 6.45) is 7.83. The lowest BCUT2D eigenvalue weighted by Crippen LogP contribution is -2.41. The lowest BCUT2D eigenvalue weighted by atomic mass is 9.93. The van der Waals surface area contributed by atoms with Crippen LogP contribution in [0, 0.1) is 0 Å². The van der Waals surface area contributed by atoms with E-state index in [1.165, 1.54) is 6.42 Å². The molecule has 2 aliphatic rings. The maximum Gasteiger partial charge on any atom is 0.280 e. The molecule has 1 heterocycles. The first-order chi connectivity index (χ1) is 15.3. The van der Waals surface area contributed by atoms with E-state index in [0.717, 1.165) is 61.3 Å². The summed E-state index contributed by atoms with van der Waals surface area (Å²) in [5.41, 5.74) is 2.43. The molecule has 3 aromatic rings. The predicted molar refractivity (Wildman–Crippen MR) is 119 cm³/mol. The Morgan fingerprint density at radius 2 is 1.71 bits per heavy atom. The molecule has 0 aliphatic heterocycles. The Bertz CT molecular complexity index is 1000. The van der Waals surface area contributed by atoms with Crippen molar-refractivity contribution in [3.8, 4) is 5.75 Å². The van der Waals surface area contributed by atoms with Crippen molar-refractivity contribution < 1.29 is 14.1 Å². The van der Waals surface area contributed by atoms with Gasteiger partial charge in [-0.05, 0) is 55.5 Å². The lowest BCUT2D eigenvalue weighted by Gasteiger charge is -2.34. The standard InChI is InChI=1S/C26H28N2O3/c29-26(24-17-25(31-27-24)20-11-12-20)28(21-9-5-2-6-10-21)22-13-15-23(16-14-22)30-18-19-7-3-1-4-8-19/h1,3-4,7-8,13-17,20-21H,2,5-6,9-12,18H2. The van der Waals surface area contributed by atoms with Gasteiger partial charge in [0, 0.05) is 23.7 Å². The maximum absolute atomic E-state index is 13.5. The Morgan fingerprint density at radius 3 is 2.42 bits per heavy atom. The quantitative estimate of drug-likeness (QED) is 0.466. The third-order valence-electron chi connectivity index (χ3n) is 6.25. The van der Waals surface area contributed by atoms with Crippen molar-refractivity contribution in [2.75, 3.05) is 4.90 Å². The first kappa shape index (κ1) is 19.9. The fourth-order valence-corrected chi connectivity index (χ4v) is 4.35. The van der Waals surface area contributed by atoms with Crippen molar-refractivity contribution in [3.05, 3.63) is 77.7 Å². The topological polar surface area (TPSA) is 55.6 Å². The van der Waals surface area contributed by atoms with Gasteiger partial charge in [0.25, 0.3) is 5.91 Å². The van der Waals surface area contributed by atoms with Gasteiger partial charge in [0.1, 0.15) is 18.1 Å². The minimum atomic E-state index is -0.0690. The largest absolute Gasteiger partial charge is 0.489 e. The summed E-state index contributed by atoms with van der Waals surface area (Å²) in [5.74, 6) is 2.01. The molecule has 0 saturated heterocycles. The van der Waals surface area contributed by atoms with E-state index < -0.39 is 0 Å². The first-order valence-corrected chi connectivity index (χ1v) is 11.3. The van der Waals surface area contributed by atoms with Gasteiger partial charge in [-0.3, -0.25) is 4.79 Å². The Labute approximate surface area is 183 Å². The summed E-state index contributed by atoms with van der Waals surface area (Å²) < 4.78 is 11.4. The molecule has 0 atom stereocenters. The molecule has 0 radical (unpaired) electrons. The number of benzene rings is 2. The van der Waals surface area contributed by atoms with Crippen molar-refractivity contribution in [1.29, 1.82) is 0 Å². The first-order valence-electron chi connectivity index (χ1n) is 11.3. The molecule has 2 aromatic carbocycles. The Hall–Kier alpha value is -3.08. The Morgan fingerprint density at radius 1 is 0.968 bits per heavy atom. The summed E-state index contributed by atoms with van der Waals surface area (Å²) >= 11 is 0. The number of nitrogens with zero attached hydrogens (tertiary/aromatic N) is 2. The highest BCUT2D eigenvalue weighted by Crippen LogP contribution is 2.40. The fourth-order valence-electron chi connectivity index (χ4n) is 4.35. The van der Waals surface area contributed by atoms with Crippen LogP contribution < -0.4 is 9.64 Å². The number of anilines is 1. The molecule has 1 aromatic heterocycles. The second kappa shape index (κ2) is 8.96. The third-order valence-corrected chi connectivity index (χ3v) is 6.25. The number of amides is 1. The molecular weight excluding hydrogens is 388 g/mol. The SMILES string of the molecule is O=C(c1cc(C2CC2)on1)N(c1ccc(OCc2ccccc2)cc1)C1CCCCC1. The minimum Gasteiger partial charge on any atom is -0.489 e. The zero-order valence-corrected chi connectivity index (χ0v) is 17.7. The van der Waals surface area contributed by atoms with Crippen LogP contribution in [0.25, 0.3) is 0 Å². The van der Waals surface area contributed by atoms with Crippen LogP contribution >= 0.6 is 0 Å². The molecule has 2 aliphatic carbocycles. The summed E-state index contributed by atoms with van der Waals surface area (Å²) in [6, 6.07) is 20.0. The number of rotatable bonds is 7. The normalized spacial score (nSPS) is 16.8. The lowest BCUT2D eigenvalue weighted by molar-refractivity contribution is 0.0961. The van der Waals surface area contributed by atoms with Crippen LogP contribution in [0.5, 0.6) is 5.75 Å². The van der Waals surface area contributed by atoms with Gasteiger partial charge >= 0.3 is 0 Å². The van der Waals surface area contributed by atoms with Crippen LogP contribution in [0.4, 0.5) is 5.69 Å². The van der Waals surface area contributed by atoms with Crippen LogP contribution in [-0.2, 0) is 6.61 Å². The third kappa shape index (κ3) is 4.66. The highest BCUT2D eigenvalue weighted by molar-refractivity contribution is 6.05. The van der Waals surface area contributed by atoms with E-state index in [2.05, 4.69) is 5.16 Å². The van der Waals surface area contributed by atoms with Crippen LogP contribution in [0.3, 0.4) is 0 Å². The van der Waals surface area contributed by atoms with E-state index >= 15 is 0 Å². The molecule has 0 bridgehead atoms. The van der Waals surface area contributed by atoms with E-state index in [0.29, 0.717) is 18.2 Å². The number of hydrogen-bond donors (Lipinski definition) is 0. The van der Waals surface area contributed by atoms with Crippen LogP contribution in [0.1, 0.15) is 72.7 Å². The number of hydrogen-bond acceptors (Lipinski definition) is 4. The van der Waals surface area contributed by atoms with Crippen LogP contribution in [0.15, 0.2) is 65.2 Å². The number of carbonyl (C=O) groups excluding carboxylic acids is 1. The molecule has 31 heavy (non-hydrogen) atoms. The monoisotopic (exact) mass is 416 g/mol. The van der Waals surface area contributed by atoms with Gasteiger partial charge in [-0.25, -0.2) is 0 Å². The molecular formula is C26H28N2O3. The molecule has 0 N–H and O–H groups in total. The number of carbonyl (C=O) groups is 1. The zero-order valence-electron chi connectivity index (χ0n) is 17.7. The van der Waals surface area contributed by atoms with Gasteiger partial charge in [-0.1, -0.05) is 54.8 Å². The fraction of sp³-hybridized carbons (Fsp3) is 0.385. The molecule has 1 amide bonds. The van der Waals surface area contributed by atoms with Crippen LogP contribution in [0.2, 0.25) is 0 Å². The number of ether oxygens (including phenoxy) is 1. The second-order valence-electron chi connectivity index (χ2n) is 8.62. The Kier molecular flexibility index (Phi) is 5.74. The number of aromatic nitrogens is 1. The van der Waals surface area contributed by atoms with Crippen molar-refractivity contribution in [3.63, 3.8) is 0 Å². The minimum absolute atomic E-state index is 0.0690. The van der Waals surface area contributed by atoms with Crippen molar-refractivity contribution in [1.82, 2.24) is 5.16 Å². The summed E-state index contributed by atoms with van der Waals surface area (Å²) in [4.78, 5) is 15.4. The molecule has 0 unspecified atom stereocenters. The zero-order chi connectivity index (χ0) is 21.0. The summed E-state index contributed by atoms with van der Waals surface area (Å²) in [6.45, 7) is 0.522. The average Bonchev–Trinajstić information content (AvgIpc) is 3.56. The van der Waals surface area contributed by atoms with E-state index in [9.17, 15) is 4.79 Å². The predicted octanol–water partition coefficient (Wildman–Crippen LogP) is 6.11. The van der Waals surface area contributed by atoms with Crippen molar-refractivity contribution in [2.24, 2.45) is 0 Å². The van der Waals surface area contributed by atoms with Crippen molar-refractivity contribution in [2.45, 2.75) is 63.5 Å². The smallest absolute Gasteiger partial charge is 0.280 e. The molecule has 5 heteroatoms. The van der Waals surface area contributed by atoms with Gasteiger partial charge < -0.3 is 14.2 Å². The molecule has 160 valence electrons. The van der Waals surface area contributed by atoms with Crippen LogP contribution in [-0.4, -0.2) is 17.1 Å². The van der Waals surface area contributed by atoms with Gasteiger partial charge in [0.05, 0.1) is 0 Å². The molecule has 5 rings (SSSR count). The van der Waals surface area contributed by atoms with E-state index in [4.69, 9.17) is 9.26 Å². The van der Waals surface area contributed by atoms with Gasteiger partial charge in [-0.2, -0.15) is 0 Å². The molecule has 2 fully saturated rings. The van der Waals surface area contributed by atoms with E-state index in [-0.39, 0.29) is 11.9 Å². The van der Waals surface area contributed by atoms with E-state index in [1.54, 1.807) is 0 Å². The molecule has 2 saturated carbocycles. The average molecular weight is 417 g/mol. The summed E-state index contributed by atoms with van der Waals surface area (Å²) in [5, 5.41) is 4.11. The van der Waals surface area contributed by atoms with Gasteiger partial charge in [-0.15, -0.1) is 0 Å². The van der Waals surface area contributed by atoms with E-state index in [1.807, 2.05) is 65.6 Å². The highest BCUT2D eigenvalue weighted by atomic mass is 16.5. The maximum atomic E-state index is 13.5. The molecule has 0 spiro atoms. The van der Waals surface area contributed by atoms with Crippen molar-refractivity contribution >= 4 is 11.6 Å². The summed E-state index contributed by atoms with van der Waals surface area (Å²) in [7, 11) is 0. The molecule has 5 nitrogen and oxygen atoms in total. The van der Waals surface area contributed by atoms with Gasteiger partial charge in [0.2, 0.25) is 0 Å². The highest BCUT2D eigenvalue weighted by Gasteiger charge is 2.32. The van der Waals surface area contributed by atoms with Gasteiger partial charge in [0.15, 0.2) is 5.69 Å².